The molecule has 1 unspecified atom stereocenters. The molecule has 12 heavy (non-hydrogen) atoms. The summed E-state index contributed by atoms with van der Waals surface area (Å²) in [6.07, 6.45) is 3.78. The molecule has 1 rings (SSSR count). The van der Waals surface area contributed by atoms with Crippen molar-refractivity contribution in [2.45, 2.75) is 38.2 Å². The van der Waals surface area contributed by atoms with Gasteiger partial charge in [-0.25, -0.2) is 4.57 Å². The van der Waals surface area contributed by atoms with Crippen LogP contribution in [0.15, 0.2) is 0 Å². The molecule has 0 amide bonds. The third-order valence-electron chi connectivity index (χ3n) is 2.23. The average molecular weight is 194 g/mol. The molecule has 1 saturated carbocycles. The van der Waals surface area contributed by atoms with Gasteiger partial charge in [0.15, 0.2) is 0 Å². The van der Waals surface area contributed by atoms with Crippen molar-refractivity contribution >= 4 is 7.82 Å². The Balaban J connectivity index is 2.54. The summed E-state index contributed by atoms with van der Waals surface area (Å²) in [5.74, 6) is 0. The van der Waals surface area contributed by atoms with Gasteiger partial charge in [0.2, 0.25) is 0 Å². The summed E-state index contributed by atoms with van der Waals surface area (Å²) in [7, 11) is -2.61. The van der Waals surface area contributed by atoms with E-state index in [-0.39, 0.29) is 0 Å². The highest BCUT2D eigenvalue weighted by atomic mass is 31.2. The zero-order chi connectivity index (χ0) is 9.24. The molecule has 0 radical (unpaired) electrons. The van der Waals surface area contributed by atoms with Crippen LogP contribution in [0.5, 0.6) is 0 Å². The largest absolute Gasteiger partial charge is 0.472 e. The van der Waals surface area contributed by atoms with Crippen molar-refractivity contribution in [3.63, 3.8) is 0 Å². The minimum atomic E-state index is -3.79. The molecular weight excluding hydrogens is 179 g/mol. The van der Waals surface area contributed by atoms with Gasteiger partial charge in [-0.15, -0.1) is 0 Å². The molecule has 0 heterocycles. The second-order valence-corrected chi connectivity index (χ2v) is 4.88. The van der Waals surface area contributed by atoms with Crippen LogP contribution in [0, 0.1) is 0 Å². The monoisotopic (exact) mass is 194 g/mol. The van der Waals surface area contributed by atoms with E-state index in [0.717, 1.165) is 25.7 Å². The second kappa shape index (κ2) is 3.46. The molecular formula is C7H15O4P. The zero-order valence-corrected chi connectivity index (χ0v) is 8.34. The van der Waals surface area contributed by atoms with Crippen molar-refractivity contribution in [1.82, 2.24) is 0 Å². The summed E-state index contributed by atoms with van der Waals surface area (Å²) in [4.78, 5) is 9.06. The van der Waals surface area contributed by atoms with E-state index in [1.807, 2.05) is 6.92 Å². The van der Waals surface area contributed by atoms with Gasteiger partial charge in [0.25, 0.3) is 0 Å². The van der Waals surface area contributed by atoms with Crippen molar-refractivity contribution < 1.29 is 18.5 Å². The van der Waals surface area contributed by atoms with Gasteiger partial charge in [-0.05, 0) is 19.8 Å². The molecule has 5 heteroatoms. The van der Waals surface area contributed by atoms with Crippen molar-refractivity contribution in [1.29, 1.82) is 0 Å². The van der Waals surface area contributed by atoms with Crippen molar-refractivity contribution in [3.05, 3.63) is 0 Å². The van der Waals surface area contributed by atoms with E-state index in [1.54, 1.807) is 0 Å². The van der Waals surface area contributed by atoms with Gasteiger partial charge in [-0.1, -0.05) is 12.8 Å². The highest BCUT2D eigenvalue weighted by Gasteiger charge is 2.37. The minimum Gasteiger partial charge on any atom is -0.302 e. The van der Waals surface area contributed by atoms with Crippen LogP contribution in [0.25, 0.3) is 0 Å². The van der Waals surface area contributed by atoms with Gasteiger partial charge in [-0.2, -0.15) is 0 Å². The van der Waals surface area contributed by atoms with E-state index >= 15 is 0 Å². The van der Waals surface area contributed by atoms with Gasteiger partial charge in [0.05, 0.1) is 5.60 Å². The van der Waals surface area contributed by atoms with Crippen LogP contribution in [-0.4, -0.2) is 17.6 Å². The van der Waals surface area contributed by atoms with Crippen LogP contribution in [0.1, 0.15) is 32.6 Å². The molecule has 1 aliphatic rings. The standard InChI is InChI=1S/C7H15O4P/c1-7(5-3-4-6-7)11-12(8,9)10-2/h3-6H2,1-2H3,(H,8,9). The second-order valence-electron chi connectivity index (χ2n) is 3.40. The molecule has 0 saturated heterocycles. The predicted molar refractivity (Wildman–Crippen MR) is 44.8 cm³/mol. The highest BCUT2D eigenvalue weighted by Crippen LogP contribution is 2.50. The molecule has 72 valence electrons. The van der Waals surface area contributed by atoms with E-state index in [4.69, 9.17) is 9.42 Å². The Morgan fingerprint density at radius 1 is 1.42 bits per heavy atom. The Morgan fingerprint density at radius 2 is 1.92 bits per heavy atom. The number of phosphoric acid groups is 1. The molecule has 0 bridgehead atoms. The van der Waals surface area contributed by atoms with Crippen LogP contribution >= 0.6 is 7.82 Å². The van der Waals surface area contributed by atoms with Gasteiger partial charge >= 0.3 is 7.82 Å². The first kappa shape index (κ1) is 10.2. The lowest BCUT2D eigenvalue weighted by molar-refractivity contribution is 0.0478. The summed E-state index contributed by atoms with van der Waals surface area (Å²) in [6, 6.07) is 0. The fraction of sp³-hybridized carbons (Fsp3) is 1.00. The quantitative estimate of drug-likeness (QED) is 0.699. The smallest absolute Gasteiger partial charge is 0.302 e. The number of phosphoric ester groups is 1. The van der Waals surface area contributed by atoms with E-state index in [9.17, 15) is 4.57 Å². The number of hydrogen-bond acceptors (Lipinski definition) is 3. The summed E-state index contributed by atoms with van der Waals surface area (Å²) in [5.41, 5.74) is -0.458. The Hall–Kier alpha value is 0.110. The molecule has 0 aromatic heterocycles. The first-order valence-corrected chi connectivity index (χ1v) is 5.56. The molecule has 0 aromatic carbocycles. The third-order valence-corrected chi connectivity index (χ3v) is 3.36. The third kappa shape index (κ3) is 2.56. The Labute approximate surface area is 72.5 Å². The Kier molecular flexibility index (Phi) is 2.94. The highest BCUT2D eigenvalue weighted by molar-refractivity contribution is 7.47. The van der Waals surface area contributed by atoms with E-state index in [1.165, 1.54) is 7.11 Å². The Morgan fingerprint density at radius 3 is 2.33 bits per heavy atom. The van der Waals surface area contributed by atoms with Crippen molar-refractivity contribution in [2.75, 3.05) is 7.11 Å². The SMILES string of the molecule is COP(=O)(O)OC1(C)CCCC1. The lowest BCUT2D eigenvalue weighted by Crippen LogP contribution is -2.22. The Bertz CT molecular complexity index is 198. The van der Waals surface area contributed by atoms with Crippen molar-refractivity contribution in [2.24, 2.45) is 0 Å². The van der Waals surface area contributed by atoms with Crippen LogP contribution in [0.2, 0.25) is 0 Å². The van der Waals surface area contributed by atoms with Crippen LogP contribution in [-0.2, 0) is 13.6 Å². The van der Waals surface area contributed by atoms with E-state index in [0.29, 0.717) is 0 Å². The molecule has 0 spiro atoms. The minimum absolute atomic E-state index is 0.458. The molecule has 1 N–H and O–H groups in total. The fourth-order valence-electron chi connectivity index (χ4n) is 1.53. The summed E-state index contributed by atoms with van der Waals surface area (Å²) in [6.45, 7) is 1.85. The predicted octanol–water partition coefficient (Wildman–Crippen LogP) is 2.08. The molecule has 1 fully saturated rings. The van der Waals surface area contributed by atoms with Gasteiger partial charge in [-0.3, -0.25) is 9.05 Å². The van der Waals surface area contributed by atoms with Crippen LogP contribution in [0.4, 0.5) is 0 Å². The molecule has 0 aliphatic heterocycles. The first-order chi connectivity index (χ1) is 5.47. The molecule has 0 aromatic rings. The maximum absolute atomic E-state index is 11.1. The first-order valence-electron chi connectivity index (χ1n) is 4.07. The summed E-state index contributed by atoms with van der Waals surface area (Å²) < 4.78 is 20.4. The maximum atomic E-state index is 11.1. The summed E-state index contributed by atoms with van der Waals surface area (Å²) >= 11 is 0. The lowest BCUT2D eigenvalue weighted by Gasteiger charge is -2.25. The van der Waals surface area contributed by atoms with Crippen LogP contribution in [0.3, 0.4) is 0 Å². The fourth-order valence-corrected chi connectivity index (χ4v) is 2.34. The van der Waals surface area contributed by atoms with E-state index < -0.39 is 13.4 Å². The topological polar surface area (TPSA) is 55.8 Å². The molecule has 1 atom stereocenters. The van der Waals surface area contributed by atoms with Gasteiger partial charge < -0.3 is 4.89 Å². The maximum Gasteiger partial charge on any atom is 0.472 e. The number of rotatable bonds is 3. The van der Waals surface area contributed by atoms with E-state index in [2.05, 4.69) is 4.52 Å². The normalized spacial score (nSPS) is 26.9. The van der Waals surface area contributed by atoms with Gasteiger partial charge in [0.1, 0.15) is 0 Å². The average Bonchev–Trinajstić information content (AvgIpc) is 2.35. The number of hydrogen-bond donors (Lipinski definition) is 1. The van der Waals surface area contributed by atoms with Gasteiger partial charge in [0, 0.05) is 7.11 Å². The summed E-state index contributed by atoms with van der Waals surface area (Å²) in [5, 5.41) is 0. The zero-order valence-electron chi connectivity index (χ0n) is 7.45. The van der Waals surface area contributed by atoms with Crippen molar-refractivity contribution in [3.8, 4) is 0 Å². The lowest BCUT2D eigenvalue weighted by atomic mass is 10.1. The molecule has 4 nitrogen and oxygen atoms in total. The van der Waals surface area contributed by atoms with Crippen LogP contribution < -0.4 is 0 Å². The molecule has 1 aliphatic carbocycles.